The van der Waals surface area contributed by atoms with Crippen molar-refractivity contribution in [2.45, 2.75) is 76.2 Å². The van der Waals surface area contributed by atoms with Gasteiger partial charge in [-0.25, -0.2) is 17.6 Å². The predicted octanol–water partition coefficient (Wildman–Crippen LogP) is 6.61. The third-order valence-corrected chi connectivity index (χ3v) is 6.50. The van der Waals surface area contributed by atoms with Crippen LogP contribution in [0.25, 0.3) is 0 Å². The quantitative estimate of drug-likeness (QED) is 0.199. The number of ether oxygens (including phenoxy) is 1. The molecule has 0 saturated heterocycles. The normalized spacial score (nSPS) is 43.3. The fraction of sp³-hybridized carbons (Fsp3) is 1.00. The highest BCUT2D eigenvalue weighted by atomic mass is 19.4. The summed E-state index contributed by atoms with van der Waals surface area (Å²) >= 11 is 0. The lowest BCUT2D eigenvalue weighted by molar-refractivity contribution is -0.638. The molecule has 4 aliphatic carbocycles. The van der Waals surface area contributed by atoms with Gasteiger partial charge in [-0.15, -0.1) is 0 Å². The SMILES string of the molecule is FN(F)C(F)(C(F)(F)F)C(F)(F)OC12C(F)(F)C3(F)C(F)(F)C(F)(C(F)(F)C(F)(C3(F)F)C1(F)F)C2(F)F. The number of nitrogens with zero attached hydrogens (tertiary/aromatic N) is 1. The summed E-state index contributed by atoms with van der Waals surface area (Å²) < 4.78 is 322. The number of halogens is 23. The summed E-state index contributed by atoms with van der Waals surface area (Å²) in [6.07, 6.45) is -16.8. The molecule has 0 spiro atoms. The van der Waals surface area contributed by atoms with Gasteiger partial charge in [-0.2, -0.15) is 74.6 Å². The van der Waals surface area contributed by atoms with E-state index < -0.39 is 81.6 Å². The molecule has 4 aliphatic rings. The first kappa shape index (κ1) is 30.8. The molecule has 2 nitrogen and oxygen atoms in total. The molecule has 25 heteroatoms. The predicted molar refractivity (Wildman–Crippen MR) is 63.9 cm³/mol. The average Bonchev–Trinajstić information content (AvgIpc) is 2.69. The number of hydrogen-bond acceptors (Lipinski definition) is 2. The molecule has 0 aromatic heterocycles. The van der Waals surface area contributed by atoms with Crippen molar-refractivity contribution in [2.24, 2.45) is 0 Å². The zero-order chi connectivity index (χ0) is 30.8. The lowest BCUT2D eigenvalue weighted by Gasteiger charge is -2.74. The van der Waals surface area contributed by atoms with Crippen LogP contribution in [-0.4, -0.2) is 81.6 Å². The fourth-order valence-corrected chi connectivity index (χ4v) is 4.62. The number of rotatable bonds is 4. The van der Waals surface area contributed by atoms with Crippen LogP contribution in [0.2, 0.25) is 0 Å². The van der Waals surface area contributed by atoms with Gasteiger partial charge in [0.2, 0.25) is 0 Å². The second-order valence-corrected chi connectivity index (χ2v) is 8.07. The van der Waals surface area contributed by atoms with Crippen molar-refractivity contribution in [2.75, 3.05) is 0 Å². The second kappa shape index (κ2) is 6.44. The number of alkyl halides is 21. The molecule has 1 atom stereocenters. The van der Waals surface area contributed by atoms with E-state index in [1.165, 1.54) is 4.74 Å². The summed E-state index contributed by atoms with van der Waals surface area (Å²) in [5, 5.41) is -4.57. The van der Waals surface area contributed by atoms with Gasteiger partial charge in [0, 0.05) is 0 Å². The van der Waals surface area contributed by atoms with Crippen LogP contribution in [0, 0.1) is 0 Å². The first-order chi connectivity index (χ1) is 16.2. The lowest BCUT2D eigenvalue weighted by Crippen LogP contribution is -3.10. The zero-order valence-electron chi connectivity index (χ0n) is 16.0. The van der Waals surface area contributed by atoms with Gasteiger partial charge in [-0.3, -0.25) is 4.74 Å². The largest absolute Gasteiger partial charge is 0.451 e. The zero-order valence-corrected chi connectivity index (χ0v) is 16.0. The third-order valence-electron chi connectivity index (χ3n) is 6.50. The summed E-state index contributed by atoms with van der Waals surface area (Å²) in [6, 6.07) is 0. The highest BCUT2D eigenvalue weighted by molar-refractivity contribution is 5.54. The van der Waals surface area contributed by atoms with E-state index in [-0.39, 0.29) is 0 Å². The van der Waals surface area contributed by atoms with Crippen LogP contribution in [-0.2, 0) is 4.74 Å². The molecule has 38 heavy (non-hydrogen) atoms. The minimum atomic E-state index is -8.85. The molecule has 0 aromatic carbocycles. The van der Waals surface area contributed by atoms with E-state index >= 15 is 0 Å². The van der Waals surface area contributed by atoms with Gasteiger partial charge >= 0.3 is 70.6 Å². The van der Waals surface area contributed by atoms with Crippen LogP contribution < -0.4 is 0 Å². The van der Waals surface area contributed by atoms with E-state index in [0.717, 1.165) is 0 Å². The molecule has 0 heterocycles. The first-order valence-electron chi connectivity index (χ1n) is 8.44. The molecule has 4 fully saturated rings. The second-order valence-electron chi connectivity index (χ2n) is 8.07. The van der Waals surface area contributed by atoms with E-state index in [1.807, 2.05) is 0 Å². The summed E-state index contributed by atoms with van der Waals surface area (Å²) in [5.41, 5.74) is -34.6. The molecule has 0 radical (unpaired) electrons. The molecule has 0 aromatic rings. The summed E-state index contributed by atoms with van der Waals surface area (Å²) in [7, 11) is 0. The maximum Gasteiger partial charge on any atom is 0.451 e. The molecule has 4 saturated carbocycles. The van der Waals surface area contributed by atoms with Crippen LogP contribution in [0.3, 0.4) is 0 Å². The maximum absolute atomic E-state index is 14.7. The van der Waals surface area contributed by atoms with E-state index in [9.17, 15) is 101 Å². The van der Waals surface area contributed by atoms with Gasteiger partial charge in [-0.05, 0) is 0 Å². The molecule has 1 unspecified atom stereocenters. The minimum absolute atomic E-state index is 1.39. The van der Waals surface area contributed by atoms with E-state index in [2.05, 4.69) is 0 Å². The van der Waals surface area contributed by atoms with Gasteiger partial charge in [0.25, 0.3) is 5.60 Å². The number of hydrogen-bond donors (Lipinski definition) is 0. The smallest absolute Gasteiger partial charge is 0.290 e. The Balaban J connectivity index is 2.63. The molecule has 4 bridgehead atoms. The Labute approximate surface area is 189 Å². The molecular weight excluding hydrogens is 623 g/mol. The van der Waals surface area contributed by atoms with Crippen molar-refractivity contribution in [3.8, 4) is 0 Å². The van der Waals surface area contributed by atoms with Gasteiger partial charge < -0.3 is 0 Å². The van der Waals surface area contributed by atoms with E-state index in [0.29, 0.717) is 0 Å². The molecule has 224 valence electrons. The summed E-state index contributed by atoms with van der Waals surface area (Å²) in [4.78, 5) is 0. The maximum atomic E-state index is 14.7. The monoisotopic (exact) mass is 623 g/mol. The van der Waals surface area contributed by atoms with Crippen molar-refractivity contribution in [3.05, 3.63) is 0 Å². The fourth-order valence-electron chi connectivity index (χ4n) is 4.62. The van der Waals surface area contributed by atoms with Crippen molar-refractivity contribution in [1.82, 2.24) is 5.34 Å². The molecule has 0 N–H and O–H groups in total. The van der Waals surface area contributed by atoms with Crippen molar-refractivity contribution in [1.29, 1.82) is 0 Å². The van der Waals surface area contributed by atoms with Crippen LogP contribution in [0.5, 0.6) is 0 Å². The van der Waals surface area contributed by atoms with Crippen molar-refractivity contribution in [3.63, 3.8) is 0 Å². The van der Waals surface area contributed by atoms with Gasteiger partial charge in [0.1, 0.15) is 0 Å². The Hall–Kier alpha value is -1.69. The first-order valence-corrected chi connectivity index (χ1v) is 8.44. The lowest BCUT2D eigenvalue weighted by atomic mass is 9.40. The minimum Gasteiger partial charge on any atom is -0.290 e. The highest BCUT2D eigenvalue weighted by Crippen LogP contribution is 2.89. The Kier molecular flexibility index (Phi) is 5.23. The molecule has 4 rings (SSSR count). The Morgan fingerprint density at radius 3 is 0.842 bits per heavy atom. The van der Waals surface area contributed by atoms with Crippen molar-refractivity contribution >= 4 is 0 Å². The third kappa shape index (κ3) is 2.05. The molecular formula is C13F23NO. The summed E-state index contributed by atoms with van der Waals surface area (Å²) in [5.74, 6) is -60.5. The van der Waals surface area contributed by atoms with E-state index in [1.54, 1.807) is 0 Å². The molecule has 0 aliphatic heterocycles. The molecule has 0 amide bonds. The topological polar surface area (TPSA) is 12.5 Å². The van der Waals surface area contributed by atoms with E-state index in [4.69, 9.17) is 0 Å². The standard InChI is InChI=1S/C13F23NO/c14-1-5(17,18)2(15)7(21,22)3(16,6(1,19)20)10(27,28)4(8(1,23)24,9(2,25)26)38-13(33,34)11(29,37(35)36)12(30,31)32. The van der Waals surface area contributed by atoms with Crippen LogP contribution >= 0.6 is 0 Å². The van der Waals surface area contributed by atoms with Gasteiger partial charge in [0.05, 0.1) is 5.34 Å². The van der Waals surface area contributed by atoms with Gasteiger partial charge in [0.15, 0.2) is 0 Å². The highest BCUT2D eigenvalue weighted by Gasteiger charge is 3.24. The Morgan fingerprint density at radius 1 is 0.421 bits per heavy atom. The average molecular weight is 623 g/mol. The Morgan fingerprint density at radius 2 is 0.658 bits per heavy atom. The van der Waals surface area contributed by atoms with Gasteiger partial charge in [-0.1, -0.05) is 8.96 Å². The van der Waals surface area contributed by atoms with Crippen LogP contribution in [0.1, 0.15) is 0 Å². The summed E-state index contributed by atoms with van der Waals surface area (Å²) in [6.45, 7) is 0. The van der Waals surface area contributed by atoms with Crippen LogP contribution in [0.15, 0.2) is 0 Å². The van der Waals surface area contributed by atoms with Crippen LogP contribution in [0.4, 0.5) is 101 Å². The Bertz CT molecular complexity index is 931. The van der Waals surface area contributed by atoms with Crippen molar-refractivity contribution < 1.29 is 106 Å².